The van der Waals surface area contributed by atoms with Gasteiger partial charge in [-0.2, -0.15) is 4.98 Å². The number of rotatable bonds is 3. The largest absolute Gasteiger partial charge is 0.337 e. The molecule has 1 atom stereocenters. The van der Waals surface area contributed by atoms with E-state index in [0.29, 0.717) is 11.7 Å². The van der Waals surface area contributed by atoms with Crippen LogP contribution in [0.4, 0.5) is 0 Å². The predicted octanol–water partition coefficient (Wildman–Crippen LogP) is 2.80. The molecular weight excluding hydrogens is 264 g/mol. The minimum absolute atomic E-state index is 0.406. The molecule has 0 fully saturated rings. The second-order valence-electron chi connectivity index (χ2n) is 4.98. The molecular formula is C16H16N4O. The minimum atomic E-state index is -0.420. The second kappa shape index (κ2) is 5.46. The highest BCUT2D eigenvalue weighted by molar-refractivity contribution is 5.55. The number of hydrogen-bond acceptors (Lipinski definition) is 5. The van der Waals surface area contributed by atoms with Crippen LogP contribution in [0.1, 0.15) is 28.9 Å². The molecule has 2 aromatic heterocycles. The van der Waals surface area contributed by atoms with Crippen LogP contribution in [0.25, 0.3) is 11.4 Å². The number of nitrogens with two attached hydrogens (primary N) is 1. The van der Waals surface area contributed by atoms with Crippen molar-refractivity contribution in [3.05, 3.63) is 65.3 Å². The van der Waals surface area contributed by atoms with E-state index in [1.54, 1.807) is 0 Å². The Kier molecular flexibility index (Phi) is 3.50. The summed E-state index contributed by atoms with van der Waals surface area (Å²) in [6, 6.07) is 13.1. The molecule has 0 saturated heterocycles. The Morgan fingerprint density at radius 1 is 1.00 bits per heavy atom. The zero-order valence-electron chi connectivity index (χ0n) is 11.9. The van der Waals surface area contributed by atoms with E-state index < -0.39 is 6.04 Å². The van der Waals surface area contributed by atoms with E-state index in [1.807, 2.05) is 56.3 Å². The molecule has 5 heteroatoms. The maximum Gasteiger partial charge on any atom is 0.248 e. The first-order valence-electron chi connectivity index (χ1n) is 6.73. The lowest BCUT2D eigenvalue weighted by atomic mass is 10.1. The zero-order valence-corrected chi connectivity index (χ0v) is 11.9. The summed E-state index contributed by atoms with van der Waals surface area (Å²) in [6.45, 7) is 3.88. The minimum Gasteiger partial charge on any atom is -0.337 e. The molecule has 0 spiro atoms. The third-order valence-corrected chi connectivity index (χ3v) is 3.21. The van der Waals surface area contributed by atoms with Gasteiger partial charge in [0.1, 0.15) is 6.04 Å². The lowest BCUT2D eigenvalue weighted by molar-refractivity contribution is 0.367. The Morgan fingerprint density at radius 3 is 2.33 bits per heavy atom. The first-order valence-corrected chi connectivity index (χ1v) is 6.73. The first-order chi connectivity index (χ1) is 10.1. The topological polar surface area (TPSA) is 77.8 Å². The van der Waals surface area contributed by atoms with E-state index in [2.05, 4.69) is 15.1 Å². The molecule has 1 unspecified atom stereocenters. The van der Waals surface area contributed by atoms with Crippen molar-refractivity contribution in [2.45, 2.75) is 19.9 Å². The fraction of sp³-hybridized carbons (Fsp3) is 0.188. The maximum absolute atomic E-state index is 6.16. The van der Waals surface area contributed by atoms with Gasteiger partial charge in [0, 0.05) is 17.0 Å². The van der Waals surface area contributed by atoms with E-state index in [0.717, 1.165) is 22.5 Å². The fourth-order valence-corrected chi connectivity index (χ4v) is 2.25. The maximum atomic E-state index is 6.16. The van der Waals surface area contributed by atoms with Crippen LogP contribution in [0.5, 0.6) is 0 Å². The SMILES string of the molecule is Cc1cc(-c2noc(C(N)c3ccccc3)n2)cc(C)n1. The molecule has 0 aliphatic rings. The van der Waals surface area contributed by atoms with Crippen molar-refractivity contribution in [2.75, 3.05) is 0 Å². The molecule has 2 N–H and O–H groups in total. The van der Waals surface area contributed by atoms with Crippen molar-refractivity contribution in [2.24, 2.45) is 5.73 Å². The van der Waals surface area contributed by atoms with Gasteiger partial charge >= 0.3 is 0 Å². The molecule has 1 aromatic carbocycles. The van der Waals surface area contributed by atoms with Gasteiger partial charge in [-0.25, -0.2) is 0 Å². The number of hydrogen-bond donors (Lipinski definition) is 1. The summed E-state index contributed by atoms with van der Waals surface area (Å²) in [5.41, 5.74) is 9.82. The zero-order chi connectivity index (χ0) is 14.8. The van der Waals surface area contributed by atoms with E-state index in [9.17, 15) is 0 Å². The number of aryl methyl sites for hydroxylation is 2. The molecule has 2 heterocycles. The van der Waals surface area contributed by atoms with Gasteiger partial charge in [-0.15, -0.1) is 0 Å². The Bertz CT molecular complexity index is 732. The molecule has 106 valence electrons. The normalized spacial score (nSPS) is 12.3. The monoisotopic (exact) mass is 280 g/mol. The van der Waals surface area contributed by atoms with E-state index in [4.69, 9.17) is 10.3 Å². The molecule has 0 radical (unpaired) electrons. The summed E-state index contributed by atoms with van der Waals surface area (Å²) in [4.78, 5) is 8.75. The first kappa shape index (κ1) is 13.5. The standard InChI is InChI=1S/C16H16N4O/c1-10-8-13(9-11(2)18-10)15-19-16(21-20-15)14(17)12-6-4-3-5-7-12/h3-9,14H,17H2,1-2H3. The van der Waals surface area contributed by atoms with Crippen LogP contribution < -0.4 is 5.73 Å². The van der Waals surface area contributed by atoms with Gasteiger partial charge in [-0.3, -0.25) is 4.98 Å². The number of nitrogens with zero attached hydrogens (tertiary/aromatic N) is 3. The number of aromatic nitrogens is 3. The van der Waals surface area contributed by atoms with Crippen LogP contribution in [0.15, 0.2) is 47.0 Å². The van der Waals surface area contributed by atoms with Crippen molar-refractivity contribution < 1.29 is 4.52 Å². The summed E-state index contributed by atoms with van der Waals surface area (Å²) in [7, 11) is 0. The molecule has 3 aromatic rings. The van der Waals surface area contributed by atoms with Crippen molar-refractivity contribution >= 4 is 0 Å². The Balaban J connectivity index is 1.93. The van der Waals surface area contributed by atoms with E-state index >= 15 is 0 Å². The van der Waals surface area contributed by atoms with Crippen LogP contribution >= 0.6 is 0 Å². The Labute approximate surface area is 122 Å². The average molecular weight is 280 g/mol. The van der Waals surface area contributed by atoms with Crippen LogP contribution in [0.3, 0.4) is 0 Å². The molecule has 0 amide bonds. The third-order valence-electron chi connectivity index (χ3n) is 3.21. The lowest BCUT2D eigenvalue weighted by Crippen LogP contribution is -2.11. The fourth-order valence-electron chi connectivity index (χ4n) is 2.25. The van der Waals surface area contributed by atoms with Gasteiger partial charge in [-0.05, 0) is 31.5 Å². The second-order valence-corrected chi connectivity index (χ2v) is 4.98. The highest BCUT2D eigenvalue weighted by Gasteiger charge is 2.17. The van der Waals surface area contributed by atoms with Gasteiger partial charge in [0.05, 0.1) is 0 Å². The van der Waals surface area contributed by atoms with Crippen molar-refractivity contribution in [3.8, 4) is 11.4 Å². The van der Waals surface area contributed by atoms with Gasteiger partial charge in [0.2, 0.25) is 11.7 Å². The molecule has 3 rings (SSSR count). The summed E-state index contributed by atoms with van der Waals surface area (Å²) in [6.07, 6.45) is 0. The number of benzene rings is 1. The summed E-state index contributed by atoms with van der Waals surface area (Å²) in [5, 5.41) is 4.02. The van der Waals surface area contributed by atoms with Gasteiger partial charge in [0.25, 0.3) is 0 Å². The molecule has 21 heavy (non-hydrogen) atoms. The highest BCUT2D eigenvalue weighted by Crippen LogP contribution is 2.22. The molecule has 5 nitrogen and oxygen atoms in total. The highest BCUT2D eigenvalue weighted by atomic mass is 16.5. The summed E-state index contributed by atoms with van der Waals surface area (Å²) < 4.78 is 5.31. The molecule has 0 aliphatic carbocycles. The number of pyridine rings is 1. The van der Waals surface area contributed by atoms with Crippen LogP contribution in [0, 0.1) is 13.8 Å². The third kappa shape index (κ3) is 2.83. The summed E-state index contributed by atoms with van der Waals surface area (Å²) in [5.74, 6) is 0.938. The average Bonchev–Trinajstić information content (AvgIpc) is 2.96. The van der Waals surface area contributed by atoms with E-state index in [-0.39, 0.29) is 0 Å². The molecule has 0 bridgehead atoms. The van der Waals surface area contributed by atoms with Crippen molar-refractivity contribution in [1.82, 2.24) is 15.1 Å². The molecule has 0 aliphatic heterocycles. The van der Waals surface area contributed by atoms with Crippen molar-refractivity contribution in [1.29, 1.82) is 0 Å². The van der Waals surface area contributed by atoms with Gasteiger partial charge < -0.3 is 10.3 Å². The quantitative estimate of drug-likeness (QED) is 0.798. The van der Waals surface area contributed by atoms with Gasteiger partial charge in [-0.1, -0.05) is 35.5 Å². The Hall–Kier alpha value is -2.53. The van der Waals surface area contributed by atoms with Crippen LogP contribution in [0.2, 0.25) is 0 Å². The smallest absolute Gasteiger partial charge is 0.248 e. The predicted molar refractivity (Wildman–Crippen MR) is 79.5 cm³/mol. The Morgan fingerprint density at radius 2 is 1.67 bits per heavy atom. The van der Waals surface area contributed by atoms with Crippen LogP contribution in [-0.2, 0) is 0 Å². The van der Waals surface area contributed by atoms with E-state index in [1.165, 1.54) is 0 Å². The van der Waals surface area contributed by atoms with Crippen LogP contribution in [-0.4, -0.2) is 15.1 Å². The van der Waals surface area contributed by atoms with Crippen molar-refractivity contribution in [3.63, 3.8) is 0 Å². The lowest BCUT2D eigenvalue weighted by Gasteiger charge is -2.05. The summed E-state index contributed by atoms with van der Waals surface area (Å²) >= 11 is 0. The molecule has 0 saturated carbocycles. The van der Waals surface area contributed by atoms with Gasteiger partial charge in [0.15, 0.2) is 0 Å².